The fraction of sp³-hybridized carbons (Fsp3) is 0.267. The minimum Gasteiger partial charge on any atom is -0.392 e. The molecule has 3 nitrogen and oxygen atoms in total. The first-order valence-corrected chi connectivity index (χ1v) is 6.65. The summed E-state index contributed by atoms with van der Waals surface area (Å²) in [4.78, 5) is 6.04. The van der Waals surface area contributed by atoms with Crippen LogP contribution in [-0.2, 0) is 6.61 Å². The number of nitrogens with zero attached hydrogens (tertiary/aromatic N) is 2. The molecule has 0 saturated heterocycles. The molecule has 1 aromatic carbocycles. The van der Waals surface area contributed by atoms with Crippen LogP contribution in [0, 0.1) is 5.82 Å². The zero-order chi connectivity index (χ0) is 14.7. The van der Waals surface area contributed by atoms with Crippen LogP contribution in [0.1, 0.15) is 24.1 Å². The predicted octanol–water partition coefficient (Wildman–Crippen LogP) is 3.56. The van der Waals surface area contributed by atoms with Gasteiger partial charge < -0.3 is 10.0 Å². The number of hydrogen-bond acceptors (Lipinski definition) is 3. The number of aromatic nitrogens is 1. The van der Waals surface area contributed by atoms with Crippen LogP contribution in [0.25, 0.3) is 0 Å². The topological polar surface area (TPSA) is 36.4 Å². The monoisotopic (exact) mass is 294 g/mol. The van der Waals surface area contributed by atoms with Crippen LogP contribution in [0.2, 0.25) is 5.02 Å². The second-order valence-corrected chi connectivity index (χ2v) is 5.02. The van der Waals surface area contributed by atoms with Gasteiger partial charge in [0.1, 0.15) is 11.6 Å². The Morgan fingerprint density at radius 1 is 1.40 bits per heavy atom. The molecule has 0 amide bonds. The van der Waals surface area contributed by atoms with Crippen molar-refractivity contribution in [3.8, 4) is 0 Å². The minimum atomic E-state index is -0.255. The van der Waals surface area contributed by atoms with Crippen molar-refractivity contribution in [3.63, 3.8) is 0 Å². The van der Waals surface area contributed by atoms with Crippen LogP contribution in [0.3, 0.4) is 0 Å². The molecule has 20 heavy (non-hydrogen) atoms. The summed E-state index contributed by atoms with van der Waals surface area (Å²) in [7, 11) is 1.81. The highest BCUT2D eigenvalue weighted by Crippen LogP contribution is 2.30. The molecule has 1 N–H and O–H groups in total. The molecule has 0 aliphatic heterocycles. The van der Waals surface area contributed by atoms with Crippen LogP contribution >= 0.6 is 11.6 Å². The standard InChI is InChI=1S/C15H16ClFN2O/c1-10(12-5-3-4-6-14(12)17)19(2)15-13(16)7-11(9-20)8-18-15/h3-8,10,20H,9H2,1-2H3. The van der Waals surface area contributed by atoms with Gasteiger partial charge in [0.15, 0.2) is 0 Å². The molecule has 1 aromatic heterocycles. The van der Waals surface area contributed by atoms with Gasteiger partial charge in [-0.2, -0.15) is 0 Å². The Kier molecular flexibility index (Phi) is 4.57. The predicted molar refractivity (Wildman–Crippen MR) is 78.4 cm³/mol. The first kappa shape index (κ1) is 14.8. The van der Waals surface area contributed by atoms with Gasteiger partial charge >= 0.3 is 0 Å². The van der Waals surface area contributed by atoms with E-state index >= 15 is 0 Å². The number of pyridine rings is 1. The molecule has 5 heteroatoms. The lowest BCUT2D eigenvalue weighted by Gasteiger charge is -2.27. The van der Waals surface area contributed by atoms with Gasteiger partial charge in [0.2, 0.25) is 0 Å². The smallest absolute Gasteiger partial charge is 0.147 e. The van der Waals surface area contributed by atoms with Gasteiger partial charge in [0.05, 0.1) is 17.7 Å². The van der Waals surface area contributed by atoms with Crippen LogP contribution in [0.4, 0.5) is 10.2 Å². The Labute approximate surface area is 122 Å². The Morgan fingerprint density at radius 2 is 2.10 bits per heavy atom. The zero-order valence-corrected chi connectivity index (χ0v) is 12.1. The SMILES string of the molecule is CC(c1ccccc1F)N(C)c1ncc(CO)cc1Cl. The third-order valence-electron chi connectivity index (χ3n) is 3.33. The van der Waals surface area contributed by atoms with Crippen LogP contribution in [0.15, 0.2) is 36.5 Å². The van der Waals surface area contributed by atoms with Gasteiger partial charge in [-0.3, -0.25) is 0 Å². The summed E-state index contributed by atoms with van der Waals surface area (Å²) in [6.45, 7) is 1.77. The highest BCUT2D eigenvalue weighted by Gasteiger charge is 2.18. The second-order valence-electron chi connectivity index (χ2n) is 4.62. The lowest BCUT2D eigenvalue weighted by molar-refractivity contribution is 0.281. The van der Waals surface area contributed by atoms with Crippen molar-refractivity contribution in [1.29, 1.82) is 0 Å². The maximum Gasteiger partial charge on any atom is 0.147 e. The van der Waals surface area contributed by atoms with E-state index in [-0.39, 0.29) is 18.5 Å². The summed E-state index contributed by atoms with van der Waals surface area (Å²) in [6.07, 6.45) is 1.56. The average molecular weight is 295 g/mol. The van der Waals surface area contributed by atoms with E-state index in [0.29, 0.717) is 22.0 Å². The summed E-state index contributed by atoms with van der Waals surface area (Å²) in [6, 6.07) is 8.09. The Morgan fingerprint density at radius 3 is 2.70 bits per heavy atom. The van der Waals surface area contributed by atoms with Crippen molar-refractivity contribution < 1.29 is 9.50 Å². The summed E-state index contributed by atoms with van der Waals surface area (Å²) in [5.74, 6) is 0.301. The number of hydrogen-bond donors (Lipinski definition) is 1. The van der Waals surface area contributed by atoms with Crippen molar-refractivity contribution in [2.45, 2.75) is 19.6 Å². The van der Waals surface area contributed by atoms with Crippen molar-refractivity contribution in [2.75, 3.05) is 11.9 Å². The van der Waals surface area contributed by atoms with Gasteiger partial charge in [0, 0.05) is 18.8 Å². The Hall–Kier alpha value is -1.65. The summed E-state index contributed by atoms with van der Waals surface area (Å²) >= 11 is 6.17. The van der Waals surface area contributed by atoms with E-state index in [1.807, 2.05) is 18.9 Å². The molecule has 1 unspecified atom stereocenters. The van der Waals surface area contributed by atoms with Gasteiger partial charge in [-0.1, -0.05) is 29.8 Å². The van der Waals surface area contributed by atoms with Gasteiger partial charge in [-0.25, -0.2) is 9.37 Å². The molecule has 0 aliphatic carbocycles. The maximum atomic E-state index is 13.8. The molecule has 0 saturated carbocycles. The lowest BCUT2D eigenvalue weighted by atomic mass is 10.1. The van der Waals surface area contributed by atoms with Gasteiger partial charge in [-0.05, 0) is 24.6 Å². The number of benzene rings is 1. The van der Waals surface area contributed by atoms with Crippen molar-refractivity contribution in [1.82, 2.24) is 4.98 Å². The normalized spacial score (nSPS) is 12.2. The molecule has 0 bridgehead atoms. The Bertz CT molecular complexity index is 606. The second kappa shape index (κ2) is 6.20. The third kappa shape index (κ3) is 2.92. The first-order valence-electron chi connectivity index (χ1n) is 6.27. The van der Waals surface area contributed by atoms with Crippen molar-refractivity contribution in [2.24, 2.45) is 0 Å². The molecule has 0 spiro atoms. The highest BCUT2D eigenvalue weighted by atomic mass is 35.5. The van der Waals surface area contributed by atoms with Gasteiger partial charge in [0.25, 0.3) is 0 Å². The van der Waals surface area contributed by atoms with E-state index in [9.17, 15) is 4.39 Å². The number of halogens is 2. The lowest BCUT2D eigenvalue weighted by Crippen LogP contribution is -2.23. The quantitative estimate of drug-likeness (QED) is 0.936. The van der Waals surface area contributed by atoms with E-state index in [4.69, 9.17) is 16.7 Å². The average Bonchev–Trinajstić information content (AvgIpc) is 2.46. The van der Waals surface area contributed by atoms with E-state index in [2.05, 4.69) is 4.98 Å². The number of aliphatic hydroxyl groups excluding tert-OH is 1. The molecule has 0 radical (unpaired) electrons. The fourth-order valence-corrected chi connectivity index (χ4v) is 2.34. The van der Waals surface area contributed by atoms with Crippen LogP contribution < -0.4 is 4.90 Å². The first-order chi connectivity index (χ1) is 9.54. The van der Waals surface area contributed by atoms with E-state index in [1.54, 1.807) is 30.5 Å². The number of anilines is 1. The molecule has 2 rings (SSSR count). The number of aliphatic hydroxyl groups is 1. The minimum absolute atomic E-state index is 0.112. The summed E-state index contributed by atoms with van der Waals surface area (Å²) in [5, 5.41) is 9.49. The zero-order valence-electron chi connectivity index (χ0n) is 11.3. The fourth-order valence-electron chi connectivity index (χ4n) is 2.02. The molecule has 2 aromatic rings. The molecule has 1 heterocycles. The highest BCUT2D eigenvalue weighted by molar-refractivity contribution is 6.33. The molecular weight excluding hydrogens is 279 g/mol. The molecule has 0 aliphatic rings. The number of rotatable bonds is 4. The van der Waals surface area contributed by atoms with Crippen LogP contribution in [0.5, 0.6) is 0 Å². The molecule has 1 atom stereocenters. The van der Waals surface area contributed by atoms with Crippen molar-refractivity contribution in [3.05, 3.63) is 58.5 Å². The van der Waals surface area contributed by atoms with Crippen molar-refractivity contribution >= 4 is 17.4 Å². The third-order valence-corrected chi connectivity index (χ3v) is 3.61. The largest absolute Gasteiger partial charge is 0.392 e. The molecule has 0 fully saturated rings. The van der Waals surface area contributed by atoms with Gasteiger partial charge in [-0.15, -0.1) is 0 Å². The van der Waals surface area contributed by atoms with E-state index < -0.39 is 0 Å². The summed E-state index contributed by atoms with van der Waals surface area (Å²) < 4.78 is 13.8. The van der Waals surface area contributed by atoms with E-state index in [1.165, 1.54) is 6.07 Å². The Balaban J connectivity index is 2.31. The maximum absolute atomic E-state index is 13.8. The van der Waals surface area contributed by atoms with Crippen LogP contribution in [-0.4, -0.2) is 17.1 Å². The molecule has 106 valence electrons. The van der Waals surface area contributed by atoms with E-state index in [0.717, 1.165) is 0 Å². The summed E-state index contributed by atoms with van der Waals surface area (Å²) in [5.41, 5.74) is 1.23. The molecular formula is C15H16ClFN2O.